The molecule has 1 aliphatic carbocycles. The van der Waals surface area contributed by atoms with Crippen molar-refractivity contribution in [1.29, 1.82) is 0 Å². The number of aliphatic hydroxyl groups is 3. The number of nitrogens with zero attached hydrogens (tertiary/aromatic N) is 1. The van der Waals surface area contributed by atoms with Crippen LogP contribution < -0.4 is 0 Å². The largest absolute Gasteiger partial charge is 0.460 e. The van der Waals surface area contributed by atoms with Crippen LogP contribution in [-0.2, 0) is 47.7 Å². The van der Waals surface area contributed by atoms with Crippen LogP contribution in [0.2, 0.25) is 0 Å². The van der Waals surface area contributed by atoms with Gasteiger partial charge in [0.25, 0.3) is 11.7 Å². The molecule has 0 aromatic rings. The van der Waals surface area contributed by atoms with Gasteiger partial charge in [-0.25, -0.2) is 4.79 Å². The molecule has 4 heterocycles. The predicted octanol–water partition coefficient (Wildman–Crippen LogP) is 5.40. The number of carbonyl (C=O) groups excluding carboxylic acids is 5. The molecular weight excluding hydrogens is 823 g/mol. The first-order valence-corrected chi connectivity index (χ1v) is 23.5. The van der Waals surface area contributed by atoms with Gasteiger partial charge in [-0.1, -0.05) is 64.2 Å². The average Bonchev–Trinajstić information content (AvgIpc) is 3.27. The number of aliphatic hydroxyl groups excluding tert-OH is 2. The maximum atomic E-state index is 14.4. The molecule has 14 nitrogen and oxygen atoms in total. The number of ether oxygens (including phenoxy) is 5. The van der Waals surface area contributed by atoms with Crippen molar-refractivity contribution in [2.45, 2.75) is 167 Å². The van der Waals surface area contributed by atoms with E-state index in [1.807, 2.05) is 51.2 Å². The third-order valence-corrected chi connectivity index (χ3v) is 14.9. The minimum absolute atomic E-state index is 0.0231. The monoisotopic (exact) mass is 898 g/mol. The molecule has 64 heavy (non-hydrogen) atoms. The lowest BCUT2D eigenvalue weighted by molar-refractivity contribution is -0.266. The fraction of sp³-hybridized carbons (Fsp3) is 0.740. The van der Waals surface area contributed by atoms with E-state index in [9.17, 15) is 39.3 Å². The van der Waals surface area contributed by atoms with Gasteiger partial charge in [-0.3, -0.25) is 19.2 Å². The van der Waals surface area contributed by atoms with E-state index in [0.29, 0.717) is 69.8 Å². The molecule has 16 atom stereocenters. The van der Waals surface area contributed by atoms with Crippen molar-refractivity contribution in [3.8, 4) is 0 Å². The van der Waals surface area contributed by atoms with Crippen LogP contribution >= 0.6 is 0 Å². The van der Waals surface area contributed by atoms with Crippen molar-refractivity contribution in [2.75, 3.05) is 27.9 Å². The third-order valence-electron chi connectivity index (χ3n) is 14.9. The zero-order chi connectivity index (χ0) is 47.0. The summed E-state index contributed by atoms with van der Waals surface area (Å²) in [6.45, 7) is 10.9. The topological polar surface area (TPSA) is 195 Å². The summed E-state index contributed by atoms with van der Waals surface area (Å²) in [6.07, 6.45) is 10.8. The van der Waals surface area contributed by atoms with Crippen LogP contribution in [0.15, 0.2) is 47.6 Å². The van der Waals surface area contributed by atoms with Gasteiger partial charge in [-0.2, -0.15) is 0 Å². The van der Waals surface area contributed by atoms with E-state index in [0.717, 1.165) is 5.57 Å². The van der Waals surface area contributed by atoms with Crippen molar-refractivity contribution in [3.63, 3.8) is 0 Å². The number of allylic oxidation sites excluding steroid dienone is 6. The quantitative estimate of drug-likeness (QED) is 0.181. The molecule has 5 aliphatic rings. The first-order valence-electron chi connectivity index (χ1n) is 23.5. The number of methoxy groups -OCH3 is 3. The van der Waals surface area contributed by atoms with E-state index >= 15 is 0 Å². The molecule has 1 amide bonds. The molecular formula is C50H75NO13. The zero-order valence-corrected chi connectivity index (χ0v) is 39.5. The van der Waals surface area contributed by atoms with E-state index in [1.165, 1.54) is 12.0 Å². The Kier molecular flexibility index (Phi) is 18.5. The van der Waals surface area contributed by atoms with Crippen LogP contribution in [-0.4, -0.2) is 132 Å². The lowest BCUT2D eigenvalue weighted by Gasteiger charge is -2.50. The van der Waals surface area contributed by atoms with Gasteiger partial charge >= 0.3 is 5.97 Å². The molecule has 5 rings (SSSR count). The molecule has 1 unspecified atom stereocenters. The Morgan fingerprint density at radius 2 is 1.58 bits per heavy atom. The van der Waals surface area contributed by atoms with Gasteiger partial charge < -0.3 is 43.9 Å². The molecule has 0 aromatic heterocycles. The molecule has 0 aromatic carbocycles. The molecule has 0 spiro atoms. The smallest absolute Gasteiger partial charge is 0.329 e. The lowest BCUT2D eigenvalue weighted by Crippen LogP contribution is -2.65. The van der Waals surface area contributed by atoms with Gasteiger partial charge in [0.15, 0.2) is 5.78 Å². The summed E-state index contributed by atoms with van der Waals surface area (Å²) in [7, 11) is 4.52. The normalized spacial score (nSPS) is 43.2. The lowest BCUT2D eigenvalue weighted by atomic mass is 9.68. The van der Waals surface area contributed by atoms with Gasteiger partial charge in [-0.05, 0) is 101 Å². The second-order valence-electron chi connectivity index (χ2n) is 19.5. The fourth-order valence-corrected chi connectivity index (χ4v) is 10.9. The first kappa shape index (κ1) is 51.6. The molecule has 358 valence electrons. The predicted molar refractivity (Wildman–Crippen MR) is 238 cm³/mol. The Morgan fingerprint density at radius 3 is 2.27 bits per heavy atom. The van der Waals surface area contributed by atoms with E-state index in [4.69, 9.17) is 23.7 Å². The minimum Gasteiger partial charge on any atom is -0.460 e. The number of piperidine rings is 1. The highest BCUT2D eigenvalue weighted by Gasteiger charge is 2.57. The molecule has 0 radical (unpaired) electrons. The highest BCUT2D eigenvalue weighted by atomic mass is 16.6. The highest BCUT2D eigenvalue weighted by molar-refractivity contribution is 6.39. The number of ketones is 3. The van der Waals surface area contributed by atoms with Crippen LogP contribution in [0, 0.1) is 41.4 Å². The van der Waals surface area contributed by atoms with Crippen LogP contribution in [0.4, 0.5) is 0 Å². The molecule has 14 heteroatoms. The summed E-state index contributed by atoms with van der Waals surface area (Å²) in [5, 5.41) is 34.1. The van der Waals surface area contributed by atoms with E-state index in [-0.39, 0.29) is 42.5 Å². The van der Waals surface area contributed by atoms with Crippen LogP contribution in [0.3, 0.4) is 0 Å². The number of carbonyl (C=O) groups is 5. The average molecular weight is 898 g/mol. The van der Waals surface area contributed by atoms with E-state index in [1.54, 1.807) is 41.1 Å². The molecule has 4 fully saturated rings. The van der Waals surface area contributed by atoms with Gasteiger partial charge in [-0.15, -0.1) is 0 Å². The number of hydrogen-bond acceptors (Lipinski definition) is 13. The number of fused-ring (bicyclic) bond motifs is 4. The van der Waals surface area contributed by atoms with Gasteiger partial charge in [0.2, 0.25) is 5.79 Å². The summed E-state index contributed by atoms with van der Waals surface area (Å²) in [5.74, 6) is -8.43. The first-order chi connectivity index (χ1) is 30.3. The summed E-state index contributed by atoms with van der Waals surface area (Å²) >= 11 is 0. The van der Waals surface area contributed by atoms with Crippen molar-refractivity contribution in [3.05, 3.63) is 47.6 Å². The number of esters is 1. The Bertz CT molecular complexity index is 1790. The number of Topliss-reactive ketones (excluding diaryl/α,β-unsaturated/α-hetero) is 3. The Hall–Kier alpha value is -3.37. The highest BCUT2D eigenvalue weighted by Crippen LogP contribution is 2.45. The minimum atomic E-state index is -2.43. The summed E-state index contributed by atoms with van der Waals surface area (Å²) < 4.78 is 29.4. The van der Waals surface area contributed by atoms with E-state index < -0.39 is 95.7 Å². The molecule has 3 saturated heterocycles. The van der Waals surface area contributed by atoms with Gasteiger partial charge in [0.1, 0.15) is 30.1 Å². The van der Waals surface area contributed by atoms with Gasteiger partial charge in [0, 0.05) is 64.4 Å². The number of rotatable bonds is 5. The van der Waals surface area contributed by atoms with Crippen molar-refractivity contribution in [1.82, 2.24) is 4.90 Å². The molecule has 3 N–H and O–H groups in total. The van der Waals surface area contributed by atoms with Gasteiger partial charge in [0.05, 0.1) is 24.4 Å². The standard InChI is InChI=1S/C50H75NO13/c1-28-14-11-10-12-15-29(2)40(60-7)26-35-19-17-33(6)50(59,64-35)47(56)48(57)51-21-13-16-36-37(24-34-18-20-38(52)42(25-34)61-8)41(63-49(58)43(36)51)27-39(53)30(3)23-32(5)45(55)46(62-9)44(54)31(4)22-28/h10-12,14-15,23,28,30-31,33-38,40-43,45-46,52,55,59H,13,16-22,24-27H2,1-9H3/b12-10+,14-11+,29-15+,32-23+/t28-,30+,31+,33+,34-,35-,36+,37?,38+,40-,41-,42+,43-,45+,46-,50+/m0/s1. The fourth-order valence-electron chi connectivity index (χ4n) is 10.9. The maximum absolute atomic E-state index is 14.4. The van der Waals surface area contributed by atoms with Crippen molar-refractivity contribution >= 4 is 29.2 Å². The Balaban J connectivity index is 1.51. The maximum Gasteiger partial charge on any atom is 0.329 e. The molecule has 4 aliphatic heterocycles. The molecule has 1 saturated carbocycles. The van der Waals surface area contributed by atoms with Crippen molar-refractivity contribution in [2.24, 2.45) is 41.4 Å². The van der Waals surface area contributed by atoms with Crippen LogP contribution in [0.5, 0.6) is 0 Å². The number of amides is 1. The molecule has 4 bridgehead atoms. The Labute approximate surface area is 379 Å². The SMILES string of the molecule is CO[C@H]1C[C@@H]2CC[C@@H](C)[C@@](O)(O2)C(=O)C(=O)N2CCC[C@@H]3C(C[C@@H]4CC[C@@H](O)[C@H](OC)C4)[C@H](CC(=O)[C@H](C)/C=C(\C)[C@@H](O)[C@@H](OC)C(=O)[C@H](C)C[C@@H](C)/C=C/C=C/C=C/1C)OC(=O)[C@H]32. The van der Waals surface area contributed by atoms with Crippen molar-refractivity contribution < 1.29 is 63.0 Å². The zero-order valence-electron chi connectivity index (χ0n) is 39.5. The summed E-state index contributed by atoms with van der Waals surface area (Å²) in [6, 6.07) is -1.12. The second kappa shape index (κ2) is 22.9. The Morgan fingerprint density at radius 1 is 0.844 bits per heavy atom. The summed E-state index contributed by atoms with van der Waals surface area (Å²) in [5.41, 5.74) is 1.28. The van der Waals surface area contributed by atoms with Crippen LogP contribution in [0.25, 0.3) is 0 Å². The third kappa shape index (κ3) is 12.0. The number of hydrogen-bond donors (Lipinski definition) is 3. The van der Waals surface area contributed by atoms with Crippen LogP contribution in [0.1, 0.15) is 112 Å². The summed E-state index contributed by atoms with van der Waals surface area (Å²) in [4.78, 5) is 72.0. The van der Waals surface area contributed by atoms with E-state index in [2.05, 4.69) is 0 Å². The second-order valence-corrected chi connectivity index (χ2v) is 19.5.